The van der Waals surface area contributed by atoms with Crippen LogP contribution in [0.25, 0.3) is 20.2 Å². The molecule has 4 heterocycles. The van der Waals surface area contributed by atoms with Crippen LogP contribution >= 0.6 is 22.7 Å². The van der Waals surface area contributed by atoms with E-state index in [4.69, 9.17) is 53.6 Å². The number of hydrazone groups is 2. The Hall–Kier alpha value is -8.88. The quantitative estimate of drug-likeness (QED) is 0.0236. The van der Waals surface area contributed by atoms with Crippen molar-refractivity contribution in [3.63, 3.8) is 0 Å². The first-order chi connectivity index (χ1) is 43.6. The van der Waals surface area contributed by atoms with E-state index in [0.717, 1.165) is 63.8 Å². The minimum atomic E-state index is -1.01. The van der Waals surface area contributed by atoms with Crippen LogP contribution in [-0.4, -0.2) is 153 Å². The van der Waals surface area contributed by atoms with Crippen LogP contribution in [0.4, 0.5) is 8.78 Å². The molecule has 1 amide bonds. The summed E-state index contributed by atoms with van der Waals surface area (Å²) in [4.78, 5) is 70.9. The number of carboxylic acid groups (broad SMARTS) is 1. The van der Waals surface area contributed by atoms with Crippen LogP contribution < -0.4 is 33.8 Å². The van der Waals surface area contributed by atoms with Gasteiger partial charge in [-0.3, -0.25) is 28.8 Å². The number of ketones is 3. The standard InChI is InChI=1S/C25H25FN2O5S.C15H20O6.C13H16O6.C12H11FN2S.3CH4/c1-32-23-14-16(7-9-22(23)33-13-12-29)21(30)8-10-24(31)28-11-3-6-20(27-28)18-15-34-25-17(18)4-2-5-19(25)26;1-3-20-15(18)7-5-12(17)11-4-6-13(21-9-8-16)14(10-11)19-2;1-18-12-8-9(10(15)3-5-13(16)17)2-4-11(12)19-7-6-14;13-10-4-1-3-8-9(7-16-12(8)10)11-5-2-6-14-15-11;;;/h2,4-5,7,9,14-15,29H,3,6,8,10-13H2,1H3;4,6,10,16H,3,5,7-9H2,1-2H3;2,4,8,14H,3,5-7H2,1H3,(H,16,17);1,3-4,7,14H,2,5-6H2;3*1H4. The van der Waals surface area contributed by atoms with E-state index in [0.29, 0.717) is 75.5 Å². The normalized spacial score (nSPS) is 12.0. The Kier molecular flexibility index (Phi) is 34.4. The molecule has 504 valence electrons. The number of benzene rings is 5. The Balaban J connectivity index is 0.000000335. The number of nitrogens with one attached hydrogen (secondary N) is 1. The lowest BCUT2D eigenvalue weighted by Gasteiger charge is -2.23. The molecule has 0 radical (unpaired) electrons. The average molecular weight is 1330 g/mol. The number of carbonyl (C=O) groups is 6. The minimum Gasteiger partial charge on any atom is -0.493 e. The second kappa shape index (κ2) is 40.9. The number of aliphatic carboxylic acids is 1. The van der Waals surface area contributed by atoms with Crippen molar-refractivity contribution in [3.05, 3.63) is 141 Å². The topological polar surface area (TPSA) is 288 Å². The van der Waals surface area contributed by atoms with Gasteiger partial charge in [0, 0.05) is 88.1 Å². The van der Waals surface area contributed by atoms with Crippen molar-refractivity contribution in [1.82, 2.24) is 10.4 Å². The molecule has 93 heavy (non-hydrogen) atoms. The fraction of sp³-hybridized carbons (Fsp3) is 0.382. The van der Waals surface area contributed by atoms with E-state index >= 15 is 0 Å². The molecule has 2 aromatic heterocycles. The maximum atomic E-state index is 14.1. The summed E-state index contributed by atoms with van der Waals surface area (Å²) in [6, 6.07) is 24.3. The van der Waals surface area contributed by atoms with Crippen LogP contribution in [0.1, 0.15) is 136 Å². The summed E-state index contributed by atoms with van der Waals surface area (Å²) in [6.07, 6.45) is 3.44. The van der Waals surface area contributed by atoms with Gasteiger partial charge in [0.05, 0.1) is 81.4 Å². The second-order valence-corrected chi connectivity index (χ2v) is 21.3. The Bertz CT molecular complexity index is 3650. The van der Waals surface area contributed by atoms with Gasteiger partial charge in [-0.25, -0.2) is 13.8 Å². The predicted molar refractivity (Wildman–Crippen MR) is 357 cm³/mol. The number of methoxy groups -OCH3 is 3. The summed E-state index contributed by atoms with van der Waals surface area (Å²) in [5, 5.41) is 50.8. The highest BCUT2D eigenvalue weighted by atomic mass is 32.1. The van der Waals surface area contributed by atoms with Crippen molar-refractivity contribution in [2.45, 2.75) is 93.4 Å². The van der Waals surface area contributed by atoms with E-state index in [2.05, 4.69) is 15.6 Å². The van der Waals surface area contributed by atoms with Crippen LogP contribution in [0, 0.1) is 11.6 Å². The second-order valence-electron chi connectivity index (χ2n) is 19.6. The van der Waals surface area contributed by atoms with Gasteiger partial charge in [0.15, 0.2) is 51.8 Å². The molecule has 7 aromatic rings. The molecule has 5 N–H and O–H groups in total. The van der Waals surface area contributed by atoms with Gasteiger partial charge in [-0.2, -0.15) is 10.2 Å². The van der Waals surface area contributed by atoms with Crippen molar-refractivity contribution < 1.29 is 91.1 Å². The summed E-state index contributed by atoms with van der Waals surface area (Å²) < 4.78 is 65.1. The van der Waals surface area contributed by atoms with Gasteiger partial charge in [0.25, 0.3) is 0 Å². The number of carboxylic acids is 1. The summed E-state index contributed by atoms with van der Waals surface area (Å²) >= 11 is 2.78. The van der Waals surface area contributed by atoms with E-state index in [1.54, 1.807) is 67.6 Å². The molecule has 0 unspecified atom stereocenters. The Labute approximate surface area is 548 Å². The number of nitrogens with zero attached hydrogens (tertiary/aromatic N) is 3. The molecule has 2 aliphatic heterocycles. The first-order valence-electron chi connectivity index (χ1n) is 28.8. The number of Topliss-reactive ketones (excluding diaryl/α,β-unsaturated/α-hetero) is 3. The lowest BCUT2D eigenvalue weighted by molar-refractivity contribution is -0.143. The van der Waals surface area contributed by atoms with Gasteiger partial charge in [-0.1, -0.05) is 46.5 Å². The number of carbonyl (C=O) groups excluding carboxylic acids is 5. The molecule has 2 aliphatic rings. The van der Waals surface area contributed by atoms with E-state index in [1.165, 1.54) is 67.2 Å². The molecule has 9 rings (SSSR count). The highest BCUT2D eigenvalue weighted by Crippen LogP contribution is 2.34. The van der Waals surface area contributed by atoms with Crippen molar-refractivity contribution in [2.24, 2.45) is 10.2 Å². The zero-order chi connectivity index (χ0) is 65.0. The summed E-state index contributed by atoms with van der Waals surface area (Å²) in [6.45, 7) is 3.46. The van der Waals surface area contributed by atoms with E-state index in [-0.39, 0.29) is 141 Å². The summed E-state index contributed by atoms with van der Waals surface area (Å²) in [7, 11) is 4.37. The third-order valence-electron chi connectivity index (χ3n) is 13.5. The number of halogens is 2. The number of ether oxygens (including phenoxy) is 7. The molecule has 0 saturated heterocycles. The monoisotopic (exact) mass is 1330 g/mol. The maximum absolute atomic E-state index is 14.1. The minimum absolute atomic E-state index is 0. The third-order valence-corrected chi connectivity index (χ3v) is 15.5. The number of hydrogen-bond donors (Lipinski definition) is 5. The first kappa shape index (κ1) is 78.4. The SMILES string of the molecule is C.C.C.CCOC(=O)CCC(=O)c1ccc(OCCO)c(OC)c1.COc1cc(C(=O)CCC(=O)N2CCCC(c3csc4c(F)cccc34)=N2)ccc1OCCO.COc1cc(C(=O)CCC(=O)O)ccc1OCCO.Fc1cccc2c(C3=NNCCC3)csc12. The number of aliphatic hydroxyl groups excluding tert-OH is 3. The number of thiophene rings is 2. The van der Waals surface area contributed by atoms with Gasteiger partial charge in [0.2, 0.25) is 5.91 Å². The van der Waals surface area contributed by atoms with Gasteiger partial charge < -0.3 is 59.0 Å². The van der Waals surface area contributed by atoms with Gasteiger partial charge >= 0.3 is 11.9 Å². The van der Waals surface area contributed by atoms with Gasteiger partial charge in [0.1, 0.15) is 31.5 Å². The lowest BCUT2D eigenvalue weighted by Crippen LogP contribution is -2.32. The van der Waals surface area contributed by atoms with Gasteiger partial charge in [-0.15, -0.1) is 22.7 Å². The lowest BCUT2D eigenvalue weighted by atomic mass is 10.0. The van der Waals surface area contributed by atoms with Crippen LogP contribution in [-0.2, 0) is 19.1 Å². The van der Waals surface area contributed by atoms with Crippen molar-refractivity contribution in [1.29, 1.82) is 0 Å². The molecule has 0 saturated carbocycles. The van der Waals surface area contributed by atoms with Crippen molar-refractivity contribution >= 4 is 89.5 Å². The summed E-state index contributed by atoms with van der Waals surface area (Å²) in [5.41, 5.74) is 7.95. The average Bonchev–Trinajstić information content (AvgIpc) is 2.17. The number of amides is 1. The molecule has 5 aromatic carbocycles. The molecule has 25 heteroatoms. The number of hydrogen-bond acceptors (Lipinski definition) is 21. The van der Waals surface area contributed by atoms with E-state index in [1.807, 2.05) is 22.9 Å². The first-order valence-corrected chi connectivity index (χ1v) is 30.6. The summed E-state index contributed by atoms with van der Waals surface area (Å²) in [5.74, 6) is -0.199. The van der Waals surface area contributed by atoms with Crippen LogP contribution in [0.5, 0.6) is 34.5 Å². The number of aliphatic hydroxyl groups is 3. The van der Waals surface area contributed by atoms with Crippen LogP contribution in [0.3, 0.4) is 0 Å². The molecule has 0 atom stereocenters. The smallest absolute Gasteiger partial charge is 0.306 e. The van der Waals surface area contributed by atoms with Gasteiger partial charge in [-0.05, 0) is 99.3 Å². The zero-order valence-electron chi connectivity index (χ0n) is 50.3. The molecule has 0 bridgehead atoms. The highest BCUT2D eigenvalue weighted by molar-refractivity contribution is 7.18. The Morgan fingerprint density at radius 1 is 0.559 bits per heavy atom. The third kappa shape index (κ3) is 23.0. The highest BCUT2D eigenvalue weighted by Gasteiger charge is 2.24. The molecule has 0 fully saturated rings. The van der Waals surface area contributed by atoms with Crippen LogP contribution in [0.2, 0.25) is 0 Å². The zero-order valence-corrected chi connectivity index (χ0v) is 51.9. The molecule has 0 aliphatic carbocycles. The predicted octanol–water partition coefficient (Wildman–Crippen LogP) is 12.2. The number of rotatable bonds is 27. The fourth-order valence-corrected chi connectivity index (χ4v) is 11.0. The largest absolute Gasteiger partial charge is 0.493 e. The fourth-order valence-electron chi connectivity index (χ4n) is 9.04. The van der Waals surface area contributed by atoms with E-state index < -0.39 is 5.97 Å². The number of esters is 1. The van der Waals surface area contributed by atoms with Crippen molar-refractivity contribution in [2.75, 3.05) is 80.7 Å². The Morgan fingerprint density at radius 2 is 0.989 bits per heavy atom. The number of fused-ring (bicyclic) bond motifs is 2. The van der Waals surface area contributed by atoms with Crippen LogP contribution in [0.15, 0.2) is 112 Å². The van der Waals surface area contributed by atoms with E-state index in [9.17, 15) is 37.5 Å². The van der Waals surface area contributed by atoms with Crippen molar-refractivity contribution in [3.8, 4) is 34.5 Å². The molecular weight excluding hydrogens is 1250 g/mol. The molecule has 21 nitrogen and oxygen atoms in total. The molecule has 0 spiro atoms. The maximum Gasteiger partial charge on any atom is 0.306 e. The Morgan fingerprint density at radius 3 is 1.40 bits per heavy atom. The molecular formula is C68H84F2N4O17S2.